The van der Waals surface area contributed by atoms with E-state index in [-0.39, 0.29) is 12.1 Å². The third-order valence-electron chi connectivity index (χ3n) is 4.29. The van der Waals surface area contributed by atoms with Crippen molar-refractivity contribution in [1.82, 2.24) is 8.61 Å². The number of nitrogens with zero attached hydrogens (tertiary/aromatic N) is 2. The summed E-state index contributed by atoms with van der Waals surface area (Å²) in [6, 6.07) is 19.5. The lowest BCUT2D eigenvalue weighted by molar-refractivity contribution is 0.475. The molecule has 0 radical (unpaired) electrons. The van der Waals surface area contributed by atoms with E-state index >= 15 is 0 Å². The Morgan fingerprint density at radius 1 is 1.00 bits per heavy atom. The van der Waals surface area contributed by atoms with Crippen LogP contribution in [0.3, 0.4) is 0 Å². The quantitative estimate of drug-likeness (QED) is 0.782. The molecule has 1 unspecified atom stereocenters. The maximum atomic E-state index is 12.7. The lowest BCUT2D eigenvalue weighted by atomic mass is 10.0. The van der Waals surface area contributed by atoms with E-state index in [1.54, 1.807) is 18.4 Å². The molecule has 0 aromatic heterocycles. The van der Waals surface area contributed by atoms with Crippen LogP contribution in [0.5, 0.6) is 0 Å². The van der Waals surface area contributed by atoms with Gasteiger partial charge in [0.25, 0.3) is 10.2 Å². The summed E-state index contributed by atoms with van der Waals surface area (Å²) in [7, 11) is -0.317. The van der Waals surface area contributed by atoms with Crippen LogP contribution in [0.2, 0.25) is 0 Å². The number of benzene rings is 2. The summed E-state index contributed by atoms with van der Waals surface area (Å²) >= 11 is 0. The SMILES string of the molecule is C/C(=C\c1ccccc1)[C@H]1[C@@H](c2ccccc2)N1S(=O)(=O)N(C)C. The van der Waals surface area contributed by atoms with E-state index < -0.39 is 10.2 Å². The minimum Gasteiger partial charge on any atom is -0.195 e. The van der Waals surface area contributed by atoms with Gasteiger partial charge in [-0.25, -0.2) is 0 Å². The fourth-order valence-corrected chi connectivity index (χ4v) is 4.43. The van der Waals surface area contributed by atoms with Gasteiger partial charge in [-0.05, 0) is 18.1 Å². The van der Waals surface area contributed by atoms with Crippen LogP contribution >= 0.6 is 0 Å². The summed E-state index contributed by atoms with van der Waals surface area (Å²) in [5, 5.41) is 0. The molecule has 126 valence electrons. The summed E-state index contributed by atoms with van der Waals surface area (Å²) < 4.78 is 28.2. The fraction of sp³-hybridized carbons (Fsp3) is 0.263. The van der Waals surface area contributed by atoms with Crippen LogP contribution in [0, 0.1) is 0 Å². The van der Waals surface area contributed by atoms with E-state index in [1.807, 2.05) is 67.6 Å². The van der Waals surface area contributed by atoms with Crippen molar-refractivity contribution >= 4 is 16.3 Å². The average molecular weight is 342 g/mol. The molecule has 0 spiro atoms. The highest BCUT2D eigenvalue weighted by Crippen LogP contribution is 2.50. The van der Waals surface area contributed by atoms with Crippen LogP contribution in [-0.4, -0.2) is 37.2 Å². The van der Waals surface area contributed by atoms with Gasteiger partial charge in [0.1, 0.15) is 0 Å². The molecule has 1 aliphatic heterocycles. The van der Waals surface area contributed by atoms with Crippen LogP contribution in [0.15, 0.2) is 66.2 Å². The standard InChI is InChI=1S/C19H22N2O2S/c1-15(14-16-10-6-4-7-11-16)18-19(17-12-8-5-9-13-17)21(18)24(22,23)20(2)3/h4-14,18-19H,1-3H3/b15-14+/t18-,19+,21?/m0/s1. The second-order valence-corrected chi connectivity index (χ2v) is 8.27. The first-order valence-electron chi connectivity index (χ1n) is 7.92. The highest BCUT2D eigenvalue weighted by molar-refractivity contribution is 7.87. The number of rotatable bonds is 5. The lowest BCUT2D eigenvalue weighted by Crippen LogP contribution is -2.30. The Bertz CT molecular complexity index is 830. The molecule has 0 N–H and O–H groups in total. The Hall–Kier alpha value is -1.95. The zero-order valence-electron chi connectivity index (χ0n) is 14.1. The Kier molecular flexibility index (Phi) is 4.58. The number of hydrogen-bond acceptors (Lipinski definition) is 2. The van der Waals surface area contributed by atoms with E-state index in [0.29, 0.717) is 0 Å². The van der Waals surface area contributed by atoms with Gasteiger partial charge in [0.2, 0.25) is 0 Å². The Morgan fingerprint density at radius 2 is 1.54 bits per heavy atom. The maximum Gasteiger partial charge on any atom is 0.282 e. The summed E-state index contributed by atoms with van der Waals surface area (Å²) in [6.07, 6.45) is 2.06. The van der Waals surface area contributed by atoms with Crippen LogP contribution in [-0.2, 0) is 10.2 Å². The first kappa shape index (κ1) is 16.9. The third-order valence-corrected chi connectivity index (χ3v) is 6.20. The molecule has 3 rings (SSSR count). The van der Waals surface area contributed by atoms with Crippen LogP contribution in [0.25, 0.3) is 6.08 Å². The minimum absolute atomic E-state index is 0.139. The normalized spacial score (nSPS) is 24.2. The molecular formula is C19H22N2O2S. The van der Waals surface area contributed by atoms with Gasteiger partial charge in [0.05, 0.1) is 12.1 Å². The monoisotopic (exact) mass is 342 g/mol. The highest BCUT2D eigenvalue weighted by atomic mass is 32.2. The van der Waals surface area contributed by atoms with E-state index in [1.165, 1.54) is 4.31 Å². The zero-order chi connectivity index (χ0) is 17.3. The highest BCUT2D eigenvalue weighted by Gasteiger charge is 2.57. The van der Waals surface area contributed by atoms with Gasteiger partial charge in [-0.15, -0.1) is 0 Å². The van der Waals surface area contributed by atoms with E-state index in [4.69, 9.17) is 0 Å². The predicted molar refractivity (Wildman–Crippen MR) is 97.5 cm³/mol. The van der Waals surface area contributed by atoms with Crippen molar-refractivity contribution in [3.8, 4) is 0 Å². The number of hydrogen-bond donors (Lipinski definition) is 0. The van der Waals surface area contributed by atoms with Gasteiger partial charge in [-0.1, -0.05) is 72.3 Å². The van der Waals surface area contributed by atoms with Crippen LogP contribution in [0.4, 0.5) is 0 Å². The van der Waals surface area contributed by atoms with Gasteiger partial charge in [-0.3, -0.25) is 0 Å². The van der Waals surface area contributed by atoms with Crippen molar-refractivity contribution in [3.05, 3.63) is 77.4 Å². The molecule has 1 saturated heterocycles. The minimum atomic E-state index is -3.46. The average Bonchev–Trinajstić information content (AvgIpc) is 3.33. The molecule has 24 heavy (non-hydrogen) atoms. The van der Waals surface area contributed by atoms with E-state index in [2.05, 4.69) is 6.08 Å². The molecule has 1 aliphatic rings. The fourth-order valence-electron chi connectivity index (χ4n) is 3.01. The zero-order valence-corrected chi connectivity index (χ0v) is 14.9. The molecule has 1 fully saturated rings. The molecular weight excluding hydrogens is 320 g/mol. The second-order valence-electron chi connectivity index (χ2n) is 6.22. The summed E-state index contributed by atoms with van der Waals surface area (Å²) in [6.45, 7) is 2.00. The van der Waals surface area contributed by atoms with E-state index in [0.717, 1.165) is 16.7 Å². The van der Waals surface area contributed by atoms with Crippen molar-refractivity contribution in [2.45, 2.75) is 19.0 Å². The van der Waals surface area contributed by atoms with E-state index in [9.17, 15) is 8.42 Å². The van der Waals surface area contributed by atoms with Crippen LogP contribution in [0.1, 0.15) is 24.1 Å². The molecule has 0 saturated carbocycles. The van der Waals surface area contributed by atoms with Crippen molar-refractivity contribution < 1.29 is 8.42 Å². The summed E-state index contributed by atoms with van der Waals surface area (Å²) in [5.74, 6) is 0. The van der Waals surface area contributed by atoms with Gasteiger partial charge in [0, 0.05) is 14.1 Å². The molecule has 2 aromatic carbocycles. The third kappa shape index (κ3) is 3.15. The molecule has 0 bridgehead atoms. The molecule has 4 nitrogen and oxygen atoms in total. The smallest absolute Gasteiger partial charge is 0.195 e. The van der Waals surface area contributed by atoms with Crippen molar-refractivity contribution in [1.29, 1.82) is 0 Å². The Morgan fingerprint density at radius 3 is 2.08 bits per heavy atom. The maximum absolute atomic E-state index is 12.7. The predicted octanol–water partition coefficient (Wildman–Crippen LogP) is 3.32. The second kappa shape index (κ2) is 6.51. The van der Waals surface area contributed by atoms with Gasteiger partial charge in [0.15, 0.2) is 0 Å². The molecule has 2 aromatic rings. The summed E-state index contributed by atoms with van der Waals surface area (Å²) in [4.78, 5) is 0. The Balaban J connectivity index is 1.97. The molecule has 0 amide bonds. The first-order valence-corrected chi connectivity index (χ1v) is 9.32. The van der Waals surface area contributed by atoms with Gasteiger partial charge in [-0.2, -0.15) is 17.0 Å². The first-order chi connectivity index (χ1) is 11.4. The molecule has 0 aliphatic carbocycles. The lowest BCUT2D eigenvalue weighted by Gasteiger charge is -2.13. The Labute approximate surface area is 144 Å². The van der Waals surface area contributed by atoms with Crippen molar-refractivity contribution in [2.75, 3.05) is 14.1 Å². The van der Waals surface area contributed by atoms with Gasteiger partial charge < -0.3 is 0 Å². The summed E-state index contributed by atoms with van der Waals surface area (Å²) in [5.41, 5.74) is 3.14. The van der Waals surface area contributed by atoms with Gasteiger partial charge >= 0.3 is 0 Å². The molecule has 3 atom stereocenters. The van der Waals surface area contributed by atoms with Crippen LogP contribution < -0.4 is 0 Å². The largest absolute Gasteiger partial charge is 0.282 e. The topological polar surface area (TPSA) is 40.4 Å². The molecule has 5 heteroatoms. The van der Waals surface area contributed by atoms with Crippen molar-refractivity contribution in [3.63, 3.8) is 0 Å². The van der Waals surface area contributed by atoms with Crippen molar-refractivity contribution in [2.24, 2.45) is 0 Å². The molecule has 1 heterocycles.